The Morgan fingerprint density at radius 1 is 1.07 bits per heavy atom. The van der Waals surface area contributed by atoms with Crippen LogP contribution in [0, 0.1) is 6.92 Å². The number of rotatable bonds is 6. The van der Waals surface area contributed by atoms with Crippen LogP contribution in [0.1, 0.15) is 37.3 Å². The molecular formula is C23H31N3O. The van der Waals surface area contributed by atoms with E-state index in [1.165, 1.54) is 36.1 Å². The highest BCUT2D eigenvalue weighted by atomic mass is 16.2. The Kier molecular flexibility index (Phi) is 6.51. The zero-order chi connectivity index (χ0) is 19.2. The fourth-order valence-corrected chi connectivity index (χ4v) is 3.55. The molecule has 27 heavy (non-hydrogen) atoms. The van der Waals surface area contributed by atoms with Crippen LogP contribution in [0.25, 0.3) is 0 Å². The Morgan fingerprint density at radius 3 is 2.41 bits per heavy atom. The molecule has 1 heterocycles. The molecule has 1 unspecified atom stereocenters. The Hall–Kier alpha value is -2.33. The largest absolute Gasteiger partial charge is 0.372 e. The van der Waals surface area contributed by atoms with Crippen LogP contribution in [0.5, 0.6) is 0 Å². The summed E-state index contributed by atoms with van der Waals surface area (Å²) in [6.45, 7) is 7.08. The maximum absolute atomic E-state index is 12.7. The van der Waals surface area contributed by atoms with Gasteiger partial charge in [-0.2, -0.15) is 0 Å². The van der Waals surface area contributed by atoms with Gasteiger partial charge in [0.2, 0.25) is 5.91 Å². The third kappa shape index (κ3) is 5.10. The third-order valence-electron chi connectivity index (χ3n) is 5.58. The number of anilines is 2. The number of hydrogen-bond acceptors (Lipinski definition) is 3. The second kappa shape index (κ2) is 9.05. The Morgan fingerprint density at radius 2 is 1.74 bits per heavy atom. The van der Waals surface area contributed by atoms with E-state index in [1.807, 2.05) is 38.2 Å². The highest BCUT2D eigenvalue weighted by Crippen LogP contribution is 2.22. The first-order valence-corrected chi connectivity index (χ1v) is 9.95. The van der Waals surface area contributed by atoms with Gasteiger partial charge in [-0.25, -0.2) is 0 Å². The molecule has 1 fully saturated rings. The summed E-state index contributed by atoms with van der Waals surface area (Å²) in [7, 11) is 2.00. The number of carbonyl (C=O) groups excluding carboxylic acids is 1. The van der Waals surface area contributed by atoms with Crippen LogP contribution in [0.3, 0.4) is 0 Å². The summed E-state index contributed by atoms with van der Waals surface area (Å²) in [6.07, 6.45) is 3.87. The summed E-state index contributed by atoms with van der Waals surface area (Å²) in [5, 5.41) is 3.05. The number of nitrogens with zero attached hydrogens (tertiary/aromatic N) is 2. The molecule has 3 rings (SSSR count). The van der Waals surface area contributed by atoms with Crippen LogP contribution in [-0.4, -0.2) is 37.0 Å². The fraction of sp³-hybridized carbons (Fsp3) is 0.435. The monoisotopic (exact) mass is 365 g/mol. The normalized spacial score (nSPS) is 15.6. The SMILES string of the molecule is Cc1ccccc1CN(C)C(C)C(=O)Nc1ccc(N2CCCCC2)cc1. The molecule has 1 aliphatic rings. The van der Waals surface area contributed by atoms with Gasteiger partial charge in [0.05, 0.1) is 6.04 Å². The van der Waals surface area contributed by atoms with Crippen molar-refractivity contribution >= 4 is 17.3 Å². The molecule has 4 heteroatoms. The highest BCUT2D eigenvalue weighted by Gasteiger charge is 2.19. The van der Waals surface area contributed by atoms with Crippen LogP contribution in [0.4, 0.5) is 11.4 Å². The first-order chi connectivity index (χ1) is 13.0. The van der Waals surface area contributed by atoms with E-state index >= 15 is 0 Å². The van der Waals surface area contributed by atoms with E-state index in [0.29, 0.717) is 0 Å². The maximum Gasteiger partial charge on any atom is 0.241 e. The van der Waals surface area contributed by atoms with Gasteiger partial charge < -0.3 is 10.2 Å². The smallest absolute Gasteiger partial charge is 0.241 e. The lowest BCUT2D eigenvalue weighted by molar-refractivity contribution is -0.120. The lowest BCUT2D eigenvalue weighted by atomic mass is 10.1. The predicted molar refractivity (Wildman–Crippen MR) is 113 cm³/mol. The number of hydrogen-bond donors (Lipinski definition) is 1. The molecule has 2 aromatic rings. The zero-order valence-electron chi connectivity index (χ0n) is 16.7. The molecule has 1 amide bonds. The Balaban J connectivity index is 1.56. The summed E-state index contributed by atoms with van der Waals surface area (Å²) in [5.74, 6) is 0.0248. The van der Waals surface area contributed by atoms with Crippen LogP contribution >= 0.6 is 0 Å². The van der Waals surface area contributed by atoms with Crippen LogP contribution < -0.4 is 10.2 Å². The zero-order valence-corrected chi connectivity index (χ0v) is 16.7. The van der Waals surface area contributed by atoms with Crippen molar-refractivity contribution in [3.8, 4) is 0 Å². The van der Waals surface area contributed by atoms with Crippen molar-refractivity contribution in [2.75, 3.05) is 30.4 Å². The first kappa shape index (κ1) is 19.4. The van der Waals surface area contributed by atoms with E-state index in [-0.39, 0.29) is 11.9 Å². The summed E-state index contributed by atoms with van der Waals surface area (Å²) >= 11 is 0. The van der Waals surface area contributed by atoms with Crippen molar-refractivity contribution in [1.29, 1.82) is 0 Å². The highest BCUT2D eigenvalue weighted by molar-refractivity contribution is 5.94. The van der Waals surface area contributed by atoms with Crippen molar-refractivity contribution in [2.45, 2.75) is 45.7 Å². The molecule has 1 atom stereocenters. The quantitative estimate of drug-likeness (QED) is 0.822. The van der Waals surface area contributed by atoms with E-state index in [4.69, 9.17) is 0 Å². The van der Waals surface area contributed by atoms with Crippen LogP contribution in [-0.2, 0) is 11.3 Å². The van der Waals surface area contributed by atoms with Crippen molar-refractivity contribution in [3.63, 3.8) is 0 Å². The van der Waals surface area contributed by atoms with E-state index in [1.54, 1.807) is 0 Å². The molecule has 0 spiro atoms. The summed E-state index contributed by atoms with van der Waals surface area (Å²) in [5.41, 5.74) is 4.62. The van der Waals surface area contributed by atoms with Gasteiger partial charge >= 0.3 is 0 Å². The van der Waals surface area contributed by atoms with E-state index in [0.717, 1.165) is 25.3 Å². The standard InChI is InChI=1S/C23H31N3O/c1-18-9-5-6-10-20(18)17-25(3)19(2)23(27)24-21-11-13-22(14-12-21)26-15-7-4-8-16-26/h5-6,9-14,19H,4,7-8,15-17H2,1-3H3,(H,24,27). The van der Waals surface area contributed by atoms with Gasteiger partial charge in [0.1, 0.15) is 0 Å². The van der Waals surface area contributed by atoms with Gasteiger partial charge in [0.25, 0.3) is 0 Å². The number of likely N-dealkylation sites (N-methyl/N-ethyl adjacent to an activating group) is 1. The summed E-state index contributed by atoms with van der Waals surface area (Å²) < 4.78 is 0. The minimum Gasteiger partial charge on any atom is -0.372 e. The number of piperidine rings is 1. The molecule has 0 aliphatic carbocycles. The van der Waals surface area contributed by atoms with E-state index in [9.17, 15) is 4.79 Å². The fourth-order valence-electron chi connectivity index (χ4n) is 3.55. The van der Waals surface area contributed by atoms with Gasteiger partial charge in [-0.1, -0.05) is 24.3 Å². The van der Waals surface area contributed by atoms with E-state index < -0.39 is 0 Å². The lowest BCUT2D eigenvalue weighted by Crippen LogP contribution is -2.39. The first-order valence-electron chi connectivity index (χ1n) is 9.95. The van der Waals surface area contributed by atoms with Crippen molar-refractivity contribution in [1.82, 2.24) is 4.90 Å². The molecule has 0 radical (unpaired) electrons. The summed E-state index contributed by atoms with van der Waals surface area (Å²) in [4.78, 5) is 17.2. The molecule has 144 valence electrons. The Bertz CT molecular complexity index is 750. The minimum atomic E-state index is -0.202. The van der Waals surface area contributed by atoms with Crippen molar-refractivity contribution < 1.29 is 4.79 Å². The topological polar surface area (TPSA) is 35.6 Å². The van der Waals surface area contributed by atoms with Gasteiger partial charge in [0.15, 0.2) is 0 Å². The number of carbonyl (C=O) groups is 1. The molecule has 4 nitrogen and oxygen atoms in total. The second-order valence-electron chi connectivity index (χ2n) is 7.60. The molecule has 0 bridgehead atoms. The second-order valence-corrected chi connectivity index (χ2v) is 7.60. The molecule has 0 aromatic heterocycles. The summed E-state index contributed by atoms with van der Waals surface area (Å²) in [6, 6.07) is 16.4. The molecule has 1 aliphatic heterocycles. The average molecular weight is 366 g/mol. The molecule has 1 N–H and O–H groups in total. The molecule has 2 aromatic carbocycles. The Labute approximate surface area is 163 Å². The van der Waals surface area contributed by atoms with Gasteiger partial charge in [-0.05, 0) is 75.5 Å². The maximum atomic E-state index is 12.7. The van der Waals surface area contributed by atoms with Crippen molar-refractivity contribution in [3.05, 3.63) is 59.7 Å². The van der Waals surface area contributed by atoms with E-state index in [2.05, 4.69) is 46.3 Å². The lowest BCUT2D eigenvalue weighted by Gasteiger charge is -2.29. The van der Waals surface area contributed by atoms with Crippen LogP contribution in [0.2, 0.25) is 0 Å². The predicted octanol–water partition coefficient (Wildman–Crippen LogP) is 4.44. The van der Waals surface area contributed by atoms with Crippen LogP contribution in [0.15, 0.2) is 48.5 Å². The number of amides is 1. The van der Waals surface area contributed by atoms with Gasteiger partial charge in [0, 0.05) is 31.0 Å². The number of benzene rings is 2. The molecular weight excluding hydrogens is 334 g/mol. The minimum absolute atomic E-state index is 0.0248. The molecule has 1 saturated heterocycles. The number of nitrogens with one attached hydrogen (secondary N) is 1. The molecule has 0 saturated carbocycles. The van der Waals surface area contributed by atoms with Gasteiger partial charge in [-0.15, -0.1) is 0 Å². The third-order valence-corrected chi connectivity index (χ3v) is 5.58. The van der Waals surface area contributed by atoms with Gasteiger partial charge in [-0.3, -0.25) is 9.69 Å². The number of aryl methyl sites for hydroxylation is 1. The average Bonchev–Trinajstić information content (AvgIpc) is 2.70. The van der Waals surface area contributed by atoms with Crippen molar-refractivity contribution in [2.24, 2.45) is 0 Å².